The number of nitrogens with one attached hydrogen (secondary N) is 2. The van der Waals surface area contributed by atoms with Crippen molar-refractivity contribution in [1.82, 2.24) is 9.78 Å². The number of rotatable bonds is 5. The number of aromatic nitrogens is 2. The molecule has 5 nitrogen and oxygen atoms in total. The molecule has 2 N–H and O–H groups in total. The number of hydrogen-bond donors (Lipinski definition) is 2. The normalized spacial score (nSPS) is 13.5. The van der Waals surface area contributed by atoms with Crippen LogP contribution in [0.5, 0.6) is 0 Å². The van der Waals surface area contributed by atoms with Crippen LogP contribution in [0.15, 0.2) is 17.0 Å². The first-order valence-electron chi connectivity index (χ1n) is 8.34. The Morgan fingerprint density at radius 1 is 1.18 bits per heavy atom. The Morgan fingerprint density at radius 3 is 2.11 bits per heavy atom. The minimum Gasteiger partial charge on any atom is -0.371 e. The fourth-order valence-corrected chi connectivity index (χ4v) is 4.13. The molecule has 0 aliphatic carbocycles. The number of hydrogen-bond acceptors (Lipinski definition) is 4. The molecule has 156 valence electrons. The zero-order valence-corrected chi connectivity index (χ0v) is 18.3. The van der Waals surface area contributed by atoms with E-state index in [1.54, 1.807) is 14.0 Å². The average Bonchev–Trinajstić information content (AvgIpc) is 2.89. The lowest BCUT2D eigenvalue weighted by Crippen LogP contribution is -2.28. The SMILES string of the molecule is CCS(=O)c1c(NC)nn(-c2c(Cl)cc(C(F)(F)F)cc2Cl)c1NC(C)(C)C. The molecule has 1 heterocycles. The highest BCUT2D eigenvalue weighted by Crippen LogP contribution is 2.41. The predicted molar refractivity (Wildman–Crippen MR) is 108 cm³/mol. The molecular formula is C17H21Cl2F3N4OS. The summed E-state index contributed by atoms with van der Waals surface area (Å²) in [5.74, 6) is 0.993. The standard InChI is InChI=1S/C17H21Cl2F3N4OS/c1-6-28(27)13-14(23-5)25-26(15(13)24-16(2,3)4)12-10(18)7-9(8-11(12)19)17(20,21)22/h7-8,24H,6H2,1-5H3,(H,23,25). The Balaban J connectivity index is 2.82. The maximum atomic E-state index is 13.1. The largest absolute Gasteiger partial charge is 0.416 e. The summed E-state index contributed by atoms with van der Waals surface area (Å²) in [6, 6.07) is 1.58. The molecule has 1 aromatic carbocycles. The lowest BCUT2D eigenvalue weighted by Gasteiger charge is -2.24. The molecule has 11 heteroatoms. The van der Waals surface area contributed by atoms with E-state index in [2.05, 4.69) is 15.7 Å². The van der Waals surface area contributed by atoms with Gasteiger partial charge < -0.3 is 10.6 Å². The summed E-state index contributed by atoms with van der Waals surface area (Å²) in [5.41, 5.74) is -1.35. The third-order valence-electron chi connectivity index (χ3n) is 3.62. The molecular weight excluding hydrogens is 436 g/mol. The molecule has 1 aromatic heterocycles. The van der Waals surface area contributed by atoms with Crippen molar-refractivity contribution in [1.29, 1.82) is 0 Å². The molecule has 0 spiro atoms. The van der Waals surface area contributed by atoms with Gasteiger partial charge in [0.2, 0.25) is 0 Å². The monoisotopic (exact) mass is 456 g/mol. The maximum absolute atomic E-state index is 13.1. The second-order valence-electron chi connectivity index (χ2n) is 6.98. The predicted octanol–water partition coefficient (Wildman–Crippen LogP) is 5.58. The Morgan fingerprint density at radius 2 is 1.71 bits per heavy atom. The van der Waals surface area contributed by atoms with Gasteiger partial charge in [-0.15, -0.1) is 5.10 Å². The van der Waals surface area contributed by atoms with Crippen molar-refractivity contribution in [3.63, 3.8) is 0 Å². The Hall–Kier alpha value is -1.45. The topological polar surface area (TPSA) is 59.0 Å². The molecule has 0 aliphatic rings. The second kappa shape index (κ2) is 8.12. The zero-order chi connectivity index (χ0) is 21.4. The lowest BCUT2D eigenvalue weighted by atomic mass is 10.1. The van der Waals surface area contributed by atoms with Crippen LogP contribution >= 0.6 is 23.2 Å². The molecule has 0 fully saturated rings. The summed E-state index contributed by atoms with van der Waals surface area (Å²) in [6.07, 6.45) is -4.59. The Bertz CT molecular complexity index is 884. The van der Waals surface area contributed by atoms with Gasteiger partial charge in [-0.1, -0.05) is 30.1 Å². The van der Waals surface area contributed by atoms with Gasteiger partial charge in [0.1, 0.15) is 16.4 Å². The van der Waals surface area contributed by atoms with Crippen LogP contribution in [-0.4, -0.2) is 32.3 Å². The van der Waals surface area contributed by atoms with Crippen molar-refractivity contribution < 1.29 is 17.4 Å². The highest BCUT2D eigenvalue weighted by Gasteiger charge is 2.33. The Kier molecular flexibility index (Phi) is 6.62. The summed E-state index contributed by atoms with van der Waals surface area (Å²) in [5, 5.41) is 10.00. The van der Waals surface area contributed by atoms with Crippen molar-refractivity contribution in [3.8, 4) is 5.69 Å². The molecule has 0 saturated carbocycles. The first-order valence-corrected chi connectivity index (χ1v) is 10.4. The molecule has 2 rings (SSSR count). The van der Waals surface area contributed by atoms with Crippen molar-refractivity contribution in [2.45, 2.75) is 44.3 Å². The zero-order valence-electron chi connectivity index (χ0n) is 16.0. The van der Waals surface area contributed by atoms with Crippen molar-refractivity contribution in [3.05, 3.63) is 27.7 Å². The fourth-order valence-electron chi connectivity index (χ4n) is 2.49. The second-order valence-corrected chi connectivity index (χ2v) is 9.47. The first kappa shape index (κ1) is 22.8. The maximum Gasteiger partial charge on any atom is 0.416 e. The molecule has 0 aliphatic heterocycles. The van der Waals surface area contributed by atoms with Gasteiger partial charge in [0.15, 0.2) is 5.82 Å². The molecule has 0 amide bonds. The number of benzene rings is 1. The van der Waals surface area contributed by atoms with Gasteiger partial charge in [0.25, 0.3) is 0 Å². The highest BCUT2D eigenvalue weighted by molar-refractivity contribution is 7.85. The third kappa shape index (κ3) is 4.75. The van der Waals surface area contributed by atoms with Gasteiger partial charge >= 0.3 is 6.18 Å². The highest BCUT2D eigenvalue weighted by atomic mass is 35.5. The summed E-state index contributed by atoms with van der Waals surface area (Å²) >= 11 is 12.3. The summed E-state index contributed by atoms with van der Waals surface area (Å²) < 4.78 is 53.1. The Labute approximate surface area is 174 Å². The van der Waals surface area contributed by atoms with Crippen LogP contribution in [0, 0.1) is 0 Å². The molecule has 0 radical (unpaired) electrons. The molecule has 1 unspecified atom stereocenters. The quantitative estimate of drug-likeness (QED) is 0.616. The lowest BCUT2D eigenvalue weighted by molar-refractivity contribution is -0.137. The minimum absolute atomic E-state index is 0.0685. The van der Waals surface area contributed by atoms with Crippen LogP contribution in [0.3, 0.4) is 0 Å². The van der Waals surface area contributed by atoms with E-state index >= 15 is 0 Å². The van der Waals surface area contributed by atoms with E-state index in [4.69, 9.17) is 23.2 Å². The number of nitrogens with zero attached hydrogens (tertiary/aromatic N) is 2. The number of anilines is 2. The van der Waals surface area contributed by atoms with Gasteiger partial charge in [-0.25, -0.2) is 4.68 Å². The average molecular weight is 457 g/mol. The van der Waals surface area contributed by atoms with Gasteiger partial charge in [0.05, 0.1) is 26.4 Å². The molecule has 28 heavy (non-hydrogen) atoms. The van der Waals surface area contributed by atoms with Crippen LogP contribution in [0.2, 0.25) is 10.0 Å². The van der Waals surface area contributed by atoms with Crippen LogP contribution in [0.1, 0.15) is 33.3 Å². The fraction of sp³-hybridized carbons (Fsp3) is 0.471. The van der Waals surface area contributed by atoms with Gasteiger partial charge in [-0.2, -0.15) is 13.2 Å². The van der Waals surface area contributed by atoms with E-state index in [-0.39, 0.29) is 15.7 Å². The van der Waals surface area contributed by atoms with Crippen LogP contribution in [0.4, 0.5) is 24.8 Å². The van der Waals surface area contributed by atoms with Crippen LogP contribution in [0.25, 0.3) is 5.69 Å². The summed E-state index contributed by atoms with van der Waals surface area (Å²) in [7, 11) is 0.204. The molecule has 1 atom stereocenters. The first-order chi connectivity index (χ1) is 12.8. The van der Waals surface area contributed by atoms with Gasteiger partial charge in [0, 0.05) is 18.3 Å². The molecule has 2 aromatic rings. The number of alkyl halides is 3. The van der Waals surface area contributed by atoms with Crippen molar-refractivity contribution in [2.24, 2.45) is 0 Å². The minimum atomic E-state index is -4.59. The van der Waals surface area contributed by atoms with E-state index in [1.807, 2.05) is 20.8 Å². The van der Waals surface area contributed by atoms with E-state index in [9.17, 15) is 17.4 Å². The molecule has 0 bridgehead atoms. The summed E-state index contributed by atoms with van der Waals surface area (Å²) in [6.45, 7) is 7.42. The van der Waals surface area contributed by atoms with Gasteiger partial charge in [-0.3, -0.25) is 4.21 Å². The smallest absolute Gasteiger partial charge is 0.371 e. The van der Waals surface area contributed by atoms with Crippen LogP contribution < -0.4 is 10.6 Å². The van der Waals surface area contributed by atoms with E-state index < -0.39 is 28.1 Å². The number of halogens is 5. The third-order valence-corrected chi connectivity index (χ3v) is 5.56. The molecule has 0 saturated heterocycles. The van der Waals surface area contributed by atoms with Gasteiger partial charge in [-0.05, 0) is 32.9 Å². The van der Waals surface area contributed by atoms with Crippen LogP contribution in [-0.2, 0) is 17.0 Å². The van der Waals surface area contributed by atoms with Crippen molar-refractivity contribution >= 4 is 45.6 Å². The van der Waals surface area contributed by atoms with E-state index in [0.717, 1.165) is 12.1 Å². The summed E-state index contributed by atoms with van der Waals surface area (Å²) in [4.78, 5) is 0.395. The van der Waals surface area contributed by atoms with E-state index in [0.29, 0.717) is 22.3 Å². The van der Waals surface area contributed by atoms with Crippen molar-refractivity contribution in [2.75, 3.05) is 23.4 Å². The van der Waals surface area contributed by atoms with E-state index in [1.165, 1.54) is 4.68 Å².